The first kappa shape index (κ1) is 14.7. The first-order chi connectivity index (χ1) is 9.60. The molecule has 0 aliphatic rings. The van der Waals surface area contributed by atoms with Gasteiger partial charge in [0.25, 0.3) is 5.91 Å². The third-order valence-electron chi connectivity index (χ3n) is 2.50. The van der Waals surface area contributed by atoms with Gasteiger partial charge in [-0.05, 0) is 19.4 Å². The Bertz CT molecular complexity index is 614. The Morgan fingerprint density at radius 2 is 2.20 bits per heavy atom. The van der Waals surface area contributed by atoms with E-state index in [0.29, 0.717) is 21.5 Å². The molecule has 7 heteroatoms. The van der Waals surface area contributed by atoms with Gasteiger partial charge in [0.15, 0.2) is 5.13 Å². The molecule has 0 saturated heterocycles. The van der Waals surface area contributed by atoms with Crippen LogP contribution in [-0.2, 0) is 0 Å². The molecule has 2 aromatic heterocycles. The zero-order valence-corrected chi connectivity index (χ0v) is 12.8. The molecule has 0 bridgehead atoms. The van der Waals surface area contributed by atoms with E-state index >= 15 is 0 Å². The number of aromatic nitrogens is 2. The monoisotopic (exact) mass is 310 g/mol. The van der Waals surface area contributed by atoms with E-state index in [9.17, 15) is 4.79 Å². The van der Waals surface area contributed by atoms with Gasteiger partial charge in [-0.2, -0.15) is 0 Å². The molecule has 0 aliphatic carbocycles. The van der Waals surface area contributed by atoms with Gasteiger partial charge in [0.1, 0.15) is 5.82 Å². The molecule has 2 N–H and O–H groups in total. The number of hydrogen-bond acceptors (Lipinski definition) is 5. The number of nitrogens with zero attached hydrogens (tertiary/aromatic N) is 2. The van der Waals surface area contributed by atoms with Crippen molar-refractivity contribution in [2.45, 2.75) is 20.3 Å². The SMILES string of the molecule is CCCNc1cc(C(=O)Nc2ncc(C)s2)c(Cl)cn1. The van der Waals surface area contributed by atoms with Crippen molar-refractivity contribution in [1.29, 1.82) is 0 Å². The average Bonchev–Trinajstić information content (AvgIpc) is 2.83. The number of rotatable bonds is 5. The second-order valence-corrected chi connectivity index (χ2v) is 5.85. The smallest absolute Gasteiger partial charge is 0.259 e. The Balaban J connectivity index is 2.15. The zero-order valence-electron chi connectivity index (χ0n) is 11.2. The van der Waals surface area contributed by atoms with Crippen molar-refractivity contribution in [3.8, 4) is 0 Å². The van der Waals surface area contributed by atoms with Crippen LogP contribution in [0.15, 0.2) is 18.5 Å². The van der Waals surface area contributed by atoms with E-state index in [0.717, 1.165) is 17.8 Å². The van der Waals surface area contributed by atoms with Gasteiger partial charge in [0, 0.05) is 23.8 Å². The number of halogens is 1. The minimum absolute atomic E-state index is 0.286. The van der Waals surface area contributed by atoms with Crippen molar-refractivity contribution in [3.63, 3.8) is 0 Å². The lowest BCUT2D eigenvalue weighted by molar-refractivity contribution is 0.102. The first-order valence-corrected chi connectivity index (χ1v) is 7.42. The molecule has 2 rings (SSSR count). The maximum Gasteiger partial charge on any atom is 0.259 e. The topological polar surface area (TPSA) is 66.9 Å². The molecule has 0 unspecified atom stereocenters. The Kier molecular flexibility index (Phi) is 4.92. The highest BCUT2D eigenvalue weighted by Crippen LogP contribution is 2.22. The van der Waals surface area contributed by atoms with Crippen molar-refractivity contribution < 1.29 is 4.79 Å². The van der Waals surface area contributed by atoms with Crippen LogP contribution in [0.1, 0.15) is 28.6 Å². The third-order valence-corrected chi connectivity index (χ3v) is 3.63. The number of hydrogen-bond donors (Lipinski definition) is 2. The molecule has 0 atom stereocenters. The lowest BCUT2D eigenvalue weighted by atomic mass is 10.2. The van der Waals surface area contributed by atoms with Crippen LogP contribution in [0.5, 0.6) is 0 Å². The molecule has 0 saturated carbocycles. The van der Waals surface area contributed by atoms with Gasteiger partial charge in [0.05, 0.1) is 10.6 Å². The second kappa shape index (κ2) is 6.67. The summed E-state index contributed by atoms with van der Waals surface area (Å²) in [6, 6.07) is 1.65. The summed E-state index contributed by atoms with van der Waals surface area (Å²) < 4.78 is 0. The molecule has 20 heavy (non-hydrogen) atoms. The number of pyridine rings is 1. The van der Waals surface area contributed by atoms with Gasteiger partial charge in [-0.25, -0.2) is 9.97 Å². The van der Waals surface area contributed by atoms with Crippen LogP contribution in [-0.4, -0.2) is 22.4 Å². The molecular weight excluding hydrogens is 296 g/mol. The number of aryl methyl sites for hydroxylation is 1. The molecule has 106 valence electrons. The van der Waals surface area contributed by atoms with E-state index in [4.69, 9.17) is 11.6 Å². The van der Waals surface area contributed by atoms with E-state index in [-0.39, 0.29) is 5.91 Å². The predicted molar refractivity (Wildman–Crippen MR) is 82.8 cm³/mol. The van der Waals surface area contributed by atoms with Gasteiger partial charge >= 0.3 is 0 Å². The summed E-state index contributed by atoms with van der Waals surface area (Å²) in [4.78, 5) is 21.4. The molecule has 0 radical (unpaired) electrons. The third kappa shape index (κ3) is 3.68. The normalized spacial score (nSPS) is 10.3. The summed E-state index contributed by atoms with van der Waals surface area (Å²) in [5, 5.41) is 6.73. The average molecular weight is 311 g/mol. The highest BCUT2D eigenvalue weighted by atomic mass is 35.5. The van der Waals surface area contributed by atoms with Crippen LogP contribution in [0.3, 0.4) is 0 Å². The number of nitrogens with one attached hydrogen (secondary N) is 2. The molecule has 0 fully saturated rings. The van der Waals surface area contributed by atoms with E-state index in [2.05, 4.69) is 27.5 Å². The largest absolute Gasteiger partial charge is 0.370 e. The number of amides is 1. The minimum atomic E-state index is -0.286. The molecule has 0 spiro atoms. The predicted octanol–water partition coefficient (Wildman–Crippen LogP) is 3.57. The maximum absolute atomic E-state index is 12.2. The maximum atomic E-state index is 12.2. The zero-order chi connectivity index (χ0) is 14.5. The van der Waals surface area contributed by atoms with Gasteiger partial charge < -0.3 is 5.32 Å². The highest BCUT2D eigenvalue weighted by molar-refractivity contribution is 7.15. The van der Waals surface area contributed by atoms with Gasteiger partial charge in [-0.1, -0.05) is 18.5 Å². The molecular formula is C13H15ClN4OS. The van der Waals surface area contributed by atoms with E-state index < -0.39 is 0 Å². The molecule has 1 amide bonds. The highest BCUT2D eigenvalue weighted by Gasteiger charge is 2.13. The van der Waals surface area contributed by atoms with Crippen molar-refractivity contribution in [2.75, 3.05) is 17.2 Å². The van der Waals surface area contributed by atoms with Crippen LogP contribution in [0, 0.1) is 6.92 Å². The van der Waals surface area contributed by atoms with Crippen LogP contribution < -0.4 is 10.6 Å². The van der Waals surface area contributed by atoms with E-state index in [1.807, 2.05) is 6.92 Å². The molecule has 2 aromatic rings. The summed E-state index contributed by atoms with van der Waals surface area (Å²) >= 11 is 7.45. The molecule has 5 nitrogen and oxygen atoms in total. The van der Waals surface area contributed by atoms with Crippen molar-refractivity contribution in [3.05, 3.63) is 33.9 Å². The lowest BCUT2D eigenvalue weighted by Crippen LogP contribution is -2.13. The summed E-state index contributed by atoms with van der Waals surface area (Å²) in [7, 11) is 0. The number of anilines is 2. The standard InChI is InChI=1S/C13H15ClN4OS/c1-3-4-15-11-5-9(10(14)7-16-11)12(19)18-13-17-6-8(2)20-13/h5-7H,3-4H2,1-2H3,(H,15,16)(H,17,18,19). The Hall–Kier alpha value is -1.66. The minimum Gasteiger partial charge on any atom is -0.370 e. The number of carbonyl (C=O) groups is 1. The number of thiazole rings is 1. The fraction of sp³-hybridized carbons (Fsp3) is 0.308. The van der Waals surface area contributed by atoms with Crippen LogP contribution in [0.4, 0.5) is 10.9 Å². The number of carbonyl (C=O) groups excluding carboxylic acids is 1. The fourth-order valence-corrected chi connectivity index (χ4v) is 2.39. The lowest BCUT2D eigenvalue weighted by Gasteiger charge is -2.08. The van der Waals surface area contributed by atoms with Crippen molar-refractivity contribution in [2.24, 2.45) is 0 Å². The first-order valence-electron chi connectivity index (χ1n) is 6.23. The molecule has 2 heterocycles. The quantitative estimate of drug-likeness (QED) is 0.886. The fourth-order valence-electron chi connectivity index (χ4n) is 1.54. The van der Waals surface area contributed by atoms with E-state index in [1.165, 1.54) is 17.5 Å². The van der Waals surface area contributed by atoms with Crippen LogP contribution in [0.2, 0.25) is 5.02 Å². The van der Waals surface area contributed by atoms with E-state index in [1.54, 1.807) is 12.3 Å². The van der Waals surface area contributed by atoms with Crippen LogP contribution in [0.25, 0.3) is 0 Å². The van der Waals surface area contributed by atoms with Gasteiger partial charge in [0.2, 0.25) is 0 Å². The van der Waals surface area contributed by atoms with Crippen molar-refractivity contribution in [1.82, 2.24) is 9.97 Å². The Morgan fingerprint density at radius 3 is 2.85 bits per heavy atom. The summed E-state index contributed by atoms with van der Waals surface area (Å²) in [6.07, 6.45) is 4.16. The van der Waals surface area contributed by atoms with Gasteiger partial charge in [-0.15, -0.1) is 11.3 Å². The second-order valence-electron chi connectivity index (χ2n) is 4.21. The van der Waals surface area contributed by atoms with Crippen LogP contribution >= 0.6 is 22.9 Å². The summed E-state index contributed by atoms with van der Waals surface area (Å²) in [5.74, 6) is 0.350. The Labute approximate surface area is 126 Å². The molecule has 0 aromatic carbocycles. The Morgan fingerprint density at radius 1 is 1.40 bits per heavy atom. The summed E-state index contributed by atoms with van der Waals surface area (Å²) in [5.41, 5.74) is 0.383. The van der Waals surface area contributed by atoms with Crippen molar-refractivity contribution >= 4 is 39.8 Å². The molecule has 0 aliphatic heterocycles. The summed E-state index contributed by atoms with van der Waals surface area (Å²) in [6.45, 7) is 4.78. The van der Waals surface area contributed by atoms with Gasteiger partial charge in [-0.3, -0.25) is 10.1 Å².